The summed E-state index contributed by atoms with van der Waals surface area (Å²) < 4.78 is 15.5. The van der Waals surface area contributed by atoms with Crippen molar-refractivity contribution in [3.63, 3.8) is 0 Å². The Bertz CT molecular complexity index is 1330. The molecular weight excluding hydrogens is 435 g/mol. The van der Waals surface area contributed by atoms with Crippen LogP contribution in [0.2, 0.25) is 0 Å². The van der Waals surface area contributed by atoms with Crippen molar-refractivity contribution in [2.45, 2.75) is 38.4 Å². The number of aromatic nitrogens is 5. The molecule has 5 heterocycles. The number of nitrogens with zero attached hydrogens (tertiary/aromatic N) is 5. The SMILES string of the molecule is CN1CCC(Nc2ncc3c(-c4ccn5ncc(C(=O)NCC(C)(C)F)c5c4)c[nH]c3n2)CC1. The molecule has 0 aromatic carbocycles. The van der Waals surface area contributed by atoms with Crippen LogP contribution in [-0.4, -0.2) is 73.8 Å². The van der Waals surface area contributed by atoms with Crippen molar-refractivity contribution >= 4 is 28.4 Å². The monoisotopic (exact) mass is 464 g/mol. The number of amides is 1. The number of hydrogen-bond acceptors (Lipinski definition) is 6. The second-order valence-electron chi connectivity index (χ2n) is 9.58. The van der Waals surface area contributed by atoms with Gasteiger partial charge in [0.25, 0.3) is 5.91 Å². The molecule has 0 saturated carbocycles. The molecule has 1 amide bonds. The number of halogens is 1. The van der Waals surface area contributed by atoms with E-state index in [0.29, 0.717) is 23.1 Å². The number of piperidine rings is 1. The maximum absolute atomic E-state index is 13.8. The van der Waals surface area contributed by atoms with Gasteiger partial charge in [0.1, 0.15) is 11.3 Å². The van der Waals surface area contributed by atoms with Crippen LogP contribution < -0.4 is 10.6 Å². The summed E-state index contributed by atoms with van der Waals surface area (Å²) in [6.07, 6.45) is 9.15. The normalized spacial score (nSPS) is 15.8. The minimum atomic E-state index is -1.49. The molecule has 0 unspecified atom stereocenters. The van der Waals surface area contributed by atoms with Gasteiger partial charge in [0, 0.05) is 35.6 Å². The first kappa shape index (κ1) is 22.3. The molecular formula is C24H29FN8O. The Morgan fingerprint density at radius 3 is 2.85 bits per heavy atom. The Morgan fingerprint density at radius 1 is 1.29 bits per heavy atom. The molecule has 0 spiro atoms. The van der Waals surface area contributed by atoms with E-state index in [9.17, 15) is 9.18 Å². The fraction of sp³-hybridized carbons (Fsp3) is 0.417. The number of aromatic amines is 1. The van der Waals surface area contributed by atoms with Crippen molar-refractivity contribution < 1.29 is 9.18 Å². The average Bonchev–Trinajstić information content (AvgIpc) is 3.42. The second-order valence-corrected chi connectivity index (χ2v) is 9.58. The summed E-state index contributed by atoms with van der Waals surface area (Å²) in [7, 11) is 2.14. The Morgan fingerprint density at radius 2 is 2.09 bits per heavy atom. The smallest absolute Gasteiger partial charge is 0.255 e. The first-order chi connectivity index (χ1) is 16.3. The molecule has 10 heteroatoms. The molecule has 5 rings (SSSR count). The van der Waals surface area contributed by atoms with E-state index in [0.717, 1.165) is 48.1 Å². The highest BCUT2D eigenvalue weighted by Crippen LogP contribution is 2.29. The number of likely N-dealkylation sites (tertiary alicyclic amines) is 1. The number of H-pyrrole nitrogens is 1. The molecule has 1 aliphatic heterocycles. The lowest BCUT2D eigenvalue weighted by Gasteiger charge is -2.29. The molecule has 9 nitrogen and oxygen atoms in total. The van der Waals surface area contributed by atoms with Gasteiger partial charge in [0.2, 0.25) is 5.95 Å². The lowest BCUT2D eigenvalue weighted by molar-refractivity contribution is 0.0922. The number of fused-ring (bicyclic) bond motifs is 2. The van der Waals surface area contributed by atoms with Crippen LogP contribution in [0.25, 0.3) is 27.7 Å². The number of alkyl halides is 1. The first-order valence-electron chi connectivity index (χ1n) is 11.5. The van der Waals surface area contributed by atoms with Crippen molar-refractivity contribution in [3.8, 4) is 11.1 Å². The second kappa shape index (κ2) is 8.68. The van der Waals surface area contributed by atoms with Crippen molar-refractivity contribution in [1.82, 2.24) is 34.8 Å². The topological polar surface area (TPSA) is 103 Å². The number of hydrogen-bond donors (Lipinski definition) is 3. The lowest BCUT2D eigenvalue weighted by Crippen LogP contribution is -2.37. The van der Waals surface area contributed by atoms with Gasteiger partial charge in [0.15, 0.2) is 0 Å². The van der Waals surface area contributed by atoms with Gasteiger partial charge in [0.05, 0.1) is 23.8 Å². The van der Waals surface area contributed by atoms with E-state index < -0.39 is 5.67 Å². The van der Waals surface area contributed by atoms with Crippen LogP contribution in [0.1, 0.15) is 37.0 Å². The van der Waals surface area contributed by atoms with E-state index in [1.54, 1.807) is 10.7 Å². The number of pyridine rings is 1. The summed E-state index contributed by atoms with van der Waals surface area (Å²) in [6, 6.07) is 4.20. The molecule has 1 fully saturated rings. The molecule has 0 aliphatic carbocycles. The van der Waals surface area contributed by atoms with Gasteiger partial charge in [-0.15, -0.1) is 0 Å². The molecule has 4 aromatic rings. The number of carbonyl (C=O) groups is 1. The summed E-state index contributed by atoms with van der Waals surface area (Å²) in [4.78, 5) is 27.4. The number of nitrogens with one attached hydrogen (secondary N) is 3. The van der Waals surface area contributed by atoms with Gasteiger partial charge >= 0.3 is 0 Å². The molecule has 34 heavy (non-hydrogen) atoms. The highest BCUT2D eigenvalue weighted by atomic mass is 19.1. The van der Waals surface area contributed by atoms with Gasteiger partial charge < -0.3 is 20.5 Å². The predicted molar refractivity (Wildman–Crippen MR) is 130 cm³/mol. The summed E-state index contributed by atoms with van der Waals surface area (Å²) in [5.74, 6) is 0.265. The highest BCUT2D eigenvalue weighted by Gasteiger charge is 2.21. The van der Waals surface area contributed by atoms with Gasteiger partial charge in [-0.2, -0.15) is 10.1 Å². The van der Waals surface area contributed by atoms with E-state index in [4.69, 9.17) is 0 Å². The standard InChI is InChI=1S/C24H29FN8O/c1-24(2,25)14-28-22(34)19-13-29-33-9-4-15(10-20(19)33)17-11-26-21-18(17)12-27-23(31-21)30-16-5-7-32(3)8-6-16/h4,9-13,16H,5-8,14H2,1-3H3,(H,28,34)(H2,26,27,30,31). The molecule has 0 bridgehead atoms. The summed E-state index contributed by atoms with van der Waals surface area (Å²) in [6.45, 7) is 4.91. The molecule has 4 aromatic heterocycles. The van der Waals surface area contributed by atoms with Gasteiger partial charge in [-0.3, -0.25) is 4.79 Å². The Hall–Kier alpha value is -3.53. The van der Waals surface area contributed by atoms with E-state index in [-0.39, 0.29) is 12.5 Å². The van der Waals surface area contributed by atoms with Crippen LogP contribution in [0.3, 0.4) is 0 Å². The third-order valence-electron chi connectivity index (χ3n) is 6.23. The van der Waals surface area contributed by atoms with Crippen LogP contribution >= 0.6 is 0 Å². The average molecular weight is 465 g/mol. The summed E-state index contributed by atoms with van der Waals surface area (Å²) in [5.41, 5.74) is 2.13. The van der Waals surface area contributed by atoms with Crippen molar-refractivity contribution in [1.29, 1.82) is 0 Å². The van der Waals surface area contributed by atoms with Crippen molar-refractivity contribution in [3.05, 3.63) is 42.5 Å². The Labute approximate surface area is 196 Å². The predicted octanol–water partition coefficient (Wildman–Crippen LogP) is 3.26. The number of anilines is 1. The van der Waals surface area contributed by atoms with E-state index >= 15 is 0 Å². The van der Waals surface area contributed by atoms with Crippen LogP contribution in [0, 0.1) is 0 Å². The molecule has 3 N–H and O–H groups in total. The van der Waals surface area contributed by atoms with E-state index in [2.05, 4.69) is 42.6 Å². The lowest BCUT2D eigenvalue weighted by atomic mass is 10.1. The highest BCUT2D eigenvalue weighted by molar-refractivity contribution is 6.02. The van der Waals surface area contributed by atoms with Crippen molar-refractivity contribution in [2.75, 3.05) is 32.0 Å². The first-order valence-corrected chi connectivity index (χ1v) is 11.5. The Kier molecular flexibility index (Phi) is 5.68. The minimum Gasteiger partial charge on any atom is -0.351 e. The molecule has 178 valence electrons. The van der Waals surface area contributed by atoms with Crippen LogP contribution in [0.4, 0.5) is 10.3 Å². The quantitative estimate of drug-likeness (QED) is 0.405. The van der Waals surface area contributed by atoms with Crippen LogP contribution in [0.15, 0.2) is 36.9 Å². The number of rotatable bonds is 6. The third kappa shape index (κ3) is 4.58. The van der Waals surface area contributed by atoms with E-state index in [1.807, 2.05) is 24.5 Å². The maximum atomic E-state index is 13.8. The zero-order valence-corrected chi connectivity index (χ0v) is 19.6. The summed E-state index contributed by atoms with van der Waals surface area (Å²) >= 11 is 0. The fourth-order valence-corrected chi connectivity index (χ4v) is 4.26. The fourth-order valence-electron chi connectivity index (χ4n) is 4.26. The van der Waals surface area contributed by atoms with Gasteiger partial charge in [-0.25, -0.2) is 13.9 Å². The number of carbonyl (C=O) groups excluding carboxylic acids is 1. The van der Waals surface area contributed by atoms with Crippen LogP contribution in [-0.2, 0) is 0 Å². The third-order valence-corrected chi connectivity index (χ3v) is 6.23. The maximum Gasteiger partial charge on any atom is 0.255 e. The molecule has 0 atom stereocenters. The zero-order valence-electron chi connectivity index (χ0n) is 19.6. The molecule has 1 aliphatic rings. The van der Waals surface area contributed by atoms with E-state index in [1.165, 1.54) is 20.0 Å². The van der Waals surface area contributed by atoms with Gasteiger partial charge in [-0.1, -0.05) is 0 Å². The zero-order chi connectivity index (χ0) is 23.9. The van der Waals surface area contributed by atoms with Crippen molar-refractivity contribution in [2.24, 2.45) is 0 Å². The molecule has 1 saturated heterocycles. The van der Waals surface area contributed by atoms with Crippen LogP contribution in [0.5, 0.6) is 0 Å². The minimum absolute atomic E-state index is 0.0728. The summed E-state index contributed by atoms with van der Waals surface area (Å²) in [5, 5.41) is 11.2. The largest absolute Gasteiger partial charge is 0.351 e. The Balaban J connectivity index is 1.40. The van der Waals surface area contributed by atoms with Gasteiger partial charge in [-0.05, 0) is 64.5 Å². The molecule has 0 radical (unpaired) electrons.